The van der Waals surface area contributed by atoms with Crippen LogP contribution in [0.15, 0.2) is 30.3 Å². The Balaban J connectivity index is 2.00. The molecule has 4 heteroatoms. The van der Waals surface area contributed by atoms with E-state index in [4.69, 9.17) is 4.74 Å². The molecule has 1 aromatic rings. The van der Waals surface area contributed by atoms with Crippen molar-refractivity contribution in [2.45, 2.75) is 19.3 Å². The lowest BCUT2D eigenvalue weighted by Gasteiger charge is -2.04. The average Bonchev–Trinajstić information content (AvgIpc) is 2.24. The Bertz CT molecular complexity index is 287. The average molecular weight is 209 g/mol. The van der Waals surface area contributed by atoms with Gasteiger partial charge in [-0.1, -0.05) is 18.2 Å². The number of benzene rings is 1. The number of para-hydroxylation sites is 1. The number of hydrogen-bond acceptors (Lipinski definition) is 3. The summed E-state index contributed by atoms with van der Waals surface area (Å²) in [4.78, 5) is 9.75. The van der Waals surface area contributed by atoms with Crippen LogP contribution in [0, 0.1) is 10.1 Å². The number of nitrogens with zero attached hydrogens (tertiary/aromatic N) is 1. The minimum atomic E-state index is -0.280. The van der Waals surface area contributed by atoms with E-state index in [1.54, 1.807) is 0 Å². The van der Waals surface area contributed by atoms with Gasteiger partial charge in [0, 0.05) is 11.3 Å². The van der Waals surface area contributed by atoms with E-state index >= 15 is 0 Å². The molecule has 0 N–H and O–H groups in total. The smallest absolute Gasteiger partial charge is 0.203 e. The largest absolute Gasteiger partial charge is 0.494 e. The van der Waals surface area contributed by atoms with Crippen LogP contribution in [0.4, 0.5) is 0 Å². The molecule has 0 spiro atoms. The van der Waals surface area contributed by atoms with Gasteiger partial charge in [0.25, 0.3) is 0 Å². The van der Waals surface area contributed by atoms with Gasteiger partial charge in [0.1, 0.15) is 5.75 Å². The molecule has 0 amide bonds. The molecule has 0 aliphatic heterocycles. The van der Waals surface area contributed by atoms with Crippen molar-refractivity contribution >= 4 is 0 Å². The summed E-state index contributed by atoms with van der Waals surface area (Å²) in [5.41, 5.74) is 0. The van der Waals surface area contributed by atoms with Crippen LogP contribution in [0.25, 0.3) is 0 Å². The molecule has 0 radical (unpaired) electrons. The highest BCUT2D eigenvalue weighted by Crippen LogP contribution is 2.09. The van der Waals surface area contributed by atoms with Gasteiger partial charge in [-0.25, -0.2) is 0 Å². The highest BCUT2D eigenvalue weighted by molar-refractivity contribution is 5.20. The molecule has 0 atom stereocenters. The predicted octanol–water partition coefficient (Wildman–Crippen LogP) is 2.51. The summed E-state index contributed by atoms with van der Waals surface area (Å²) in [6, 6.07) is 9.57. The lowest BCUT2D eigenvalue weighted by Crippen LogP contribution is -2.02. The van der Waals surface area contributed by atoms with Gasteiger partial charge in [-0.15, -0.1) is 0 Å². The highest BCUT2D eigenvalue weighted by atomic mass is 16.6. The molecule has 15 heavy (non-hydrogen) atoms. The zero-order valence-corrected chi connectivity index (χ0v) is 8.59. The van der Waals surface area contributed by atoms with Gasteiger partial charge in [-0.3, -0.25) is 10.1 Å². The first-order valence-corrected chi connectivity index (χ1v) is 5.08. The zero-order valence-electron chi connectivity index (χ0n) is 8.59. The van der Waals surface area contributed by atoms with E-state index in [-0.39, 0.29) is 11.5 Å². The summed E-state index contributed by atoms with van der Waals surface area (Å²) >= 11 is 0. The fourth-order valence-electron chi connectivity index (χ4n) is 1.23. The fourth-order valence-corrected chi connectivity index (χ4v) is 1.23. The van der Waals surface area contributed by atoms with Crippen molar-refractivity contribution < 1.29 is 9.66 Å². The Morgan fingerprint density at radius 1 is 1.13 bits per heavy atom. The highest BCUT2D eigenvalue weighted by Gasteiger charge is 1.97. The standard InChI is InChI=1S/C11H15NO3/c13-12(14)9-5-2-6-10-15-11-7-3-1-4-8-11/h1,3-4,7-8H,2,5-6,9-10H2. The monoisotopic (exact) mass is 209 g/mol. The third-order valence-corrected chi connectivity index (χ3v) is 2.00. The van der Waals surface area contributed by atoms with Gasteiger partial charge < -0.3 is 4.74 Å². The van der Waals surface area contributed by atoms with E-state index in [1.165, 1.54) is 0 Å². The molecule has 0 aliphatic rings. The van der Waals surface area contributed by atoms with E-state index in [0.717, 1.165) is 18.6 Å². The second-order valence-corrected chi connectivity index (χ2v) is 3.28. The van der Waals surface area contributed by atoms with Crippen molar-refractivity contribution in [2.24, 2.45) is 0 Å². The van der Waals surface area contributed by atoms with Gasteiger partial charge in [-0.2, -0.15) is 0 Å². The Kier molecular flexibility index (Phi) is 5.22. The minimum absolute atomic E-state index is 0.0609. The van der Waals surface area contributed by atoms with E-state index in [0.29, 0.717) is 13.0 Å². The first-order chi connectivity index (χ1) is 7.29. The maximum atomic E-state index is 10.0. The molecule has 1 rings (SSSR count). The van der Waals surface area contributed by atoms with Gasteiger partial charge in [0.15, 0.2) is 0 Å². The molecule has 0 aromatic heterocycles. The van der Waals surface area contributed by atoms with Crippen LogP contribution in [-0.4, -0.2) is 18.1 Å². The normalized spacial score (nSPS) is 9.87. The number of ether oxygens (including phenoxy) is 1. The second kappa shape index (κ2) is 6.81. The quantitative estimate of drug-likeness (QED) is 0.394. The van der Waals surface area contributed by atoms with Crippen molar-refractivity contribution in [1.82, 2.24) is 0 Å². The molecule has 0 bridgehead atoms. The molecule has 0 saturated carbocycles. The molecular weight excluding hydrogens is 194 g/mol. The Morgan fingerprint density at radius 3 is 2.53 bits per heavy atom. The molecule has 0 unspecified atom stereocenters. The van der Waals surface area contributed by atoms with Crippen LogP contribution in [-0.2, 0) is 0 Å². The fraction of sp³-hybridized carbons (Fsp3) is 0.455. The summed E-state index contributed by atoms with van der Waals surface area (Å²) < 4.78 is 5.44. The number of rotatable bonds is 7. The van der Waals surface area contributed by atoms with Crippen molar-refractivity contribution in [2.75, 3.05) is 13.2 Å². The first-order valence-electron chi connectivity index (χ1n) is 5.08. The first kappa shape index (κ1) is 11.5. The molecule has 0 fully saturated rings. The van der Waals surface area contributed by atoms with E-state index in [2.05, 4.69) is 0 Å². The maximum absolute atomic E-state index is 10.0. The van der Waals surface area contributed by atoms with Crippen LogP contribution in [0.1, 0.15) is 19.3 Å². The van der Waals surface area contributed by atoms with Gasteiger partial charge in [0.2, 0.25) is 6.54 Å². The number of nitro groups is 1. The minimum Gasteiger partial charge on any atom is -0.494 e. The van der Waals surface area contributed by atoms with Crippen LogP contribution in [0.2, 0.25) is 0 Å². The number of hydrogen-bond donors (Lipinski definition) is 0. The SMILES string of the molecule is O=[N+]([O-])CCCCCOc1ccccc1. The van der Waals surface area contributed by atoms with Crippen LogP contribution in [0.3, 0.4) is 0 Å². The molecule has 1 aromatic carbocycles. The second-order valence-electron chi connectivity index (χ2n) is 3.28. The molecule has 0 heterocycles. The molecular formula is C11H15NO3. The Hall–Kier alpha value is -1.58. The molecule has 82 valence electrons. The summed E-state index contributed by atoms with van der Waals surface area (Å²) in [5, 5.41) is 10.0. The van der Waals surface area contributed by atoms with Gasteiger partial charge in [0.05, 0.1) is 6.61 Å². The number of unbranched alkanes of at least 4 members (excludes halogenated alkanes) is 2. The van der Waals surface area contributed by atoms with Gasteiger partial charge >= 0.3 is 0 Å². The van der Waals surface area contributed by atoms with Gasteiger partial charge in [-0.05, 0) is 25.0 Å². The maximum Gasteiger partial charge on any atom is 0.203 e. The Labute approximate surface area is 89.0 Å². The van der Waals surface area contributed by atoms with E-state index < -0.39 is 0 Å². The lowest BCUT2D eigenvalue weighted by atomic mass is 10.2. The summed E-state index contributed by atoms with van der Waals surface area (Å²) in [6.45, 7) is 0.688. The molecule has 0 saturated heterocycles. The topological polar surface area (TPSA) is 52.4 Å². The van der Waals surface area contributed by atoms with Crippen LogP contribution >= 0.6 is 0 Å². The third kappa shape index (κ3) is 5.67. The predicted molar refractivity (Wildman–Crippen MR) is 57.6 cm³/mol. The van der Waals surface area contributed by atoms with Crippen molar-refractivity contribution in [3.63, 3.8) is 0 Å². The summed E-state index contributed by atoms with van der Waals surface area (Å²) in [6.07, 6.45) is 2.34. The van der Waals surface area contributed by atoms with Crippen molar-refractivity contribution in [1.29, 1.82) is 0 Å². The molecule has 0 aliphatic carbocycles. The van der Waals surface area contributed by atoms with E-state index in [1.807, 2.05) is 30.3 Å². The summed E-state index contributed by atoms with van der Waals surface area (Å²) in [5.74, 6) is 0.853. The summed E-state index contributed by atoms with van der Waals surface area (Å²) in [7, 11) is 0. The van der Waals surface area contributed by atoms with Crippen molar-refractivity contribution in [3.05, 3.63) is 40.4 Å². The Morgan fingerprint density at radius 2 is 1.87 bits per heavy atom. The molecule has 4 nitrogen and oxygen atoms in total. The van der Waals surface area contributed by atoms with Crippen LogP contribution in [0.5, 0.6) is 5.75 Å². The third-order valence-electron chi connectivity index (χ3n) is 2.00. The lowest BCUT2D eigenvalue weighted by molar-refractivity contribution is -0.480. The van der Waals surface area contributed by atoms with Crippen molar-refractivity contribution in [3.8, 4) is 5.75 Å². The van der Waals surface area contributed by atoms with Crippen LogP contribution < -0.4 is 4.74 Å². The van der Waals surface area contributed by atoms with E-state index in [9.17, 15) is 10.1 Å². The zero-order chi connectivity index (χ0) is 10.9.